The second-order valence-corrected chi connectivity index (χ2v) is 9.48. The molecule has 3 N–H and O–H groups in total. The number of rotatable bonds is 2. The molecule has 0 bridgehead atoms. The lowest BCUT2D eigenvalue weighted by Gasteiger charge is -2.55. The van der Waals surface area contributed by atoms with E-state index in [0.29, 0.717) is 12.8 Å². The summed E-state index contributed by atoms with van der Waals surface area (Å²) in [6.45, 7) is 3.20. The van der Waals surface area contributed by atoms with Gasteiger partial charge in [-0.1, -0.05) is 18.6 Å². The summed E-state index contributed by atoms with van der Waals surface area (Å²) in [6.07, 6.45) is 6.33. The molecule has 6 nitrogen and oxygen atoms in total. The molecular weight excluding hydrogens is 348 g/mol. The lowest BCUT2D eigenvalue weighted by molar-refractivity contribution is -0.173. The van der Waals surface area contributed by atoms with Crippen LogP contribution in [0, 0.1) is 22.7 Å². The molecular formula is C21H26O6. The first-order chi connectivity index (χ1) is 12.6. The SMILES string of the molecule is C[C@]12C=CC(=O)C=C1CC[C@H]1[C@@H]3C[C@@H](O)[C@](O)(C(=O)CO)[C@@]3(C)C[C@H]3O[C@]312. The maximum absolute atomic E-state index is 12.5. The van der Waals surface area contributed by atoms with E-state index >= 15 is 0 Å². The molecule has 0 aromatic heterocycles. The van der Waals surface area contributed by atoms with Crippen LogP contribution in [0.15, 0.2) is 23.8 Å². The number of aliphatic hydroxyl groups excluding tert-OH is 2. The molecule has 0 aromatic rings. The van der Waals surface area contributed by atoms with Crippen LogP contribution in [0.1, 0.15) is 39.5 Å². The number of ketones is 2. The predicted molar refractivity (Wildman–Crippen MR) is 94.5 cm³/mol. The highest BCUT2D eigenvalue weighted by atomic mass is 16.6. The summed E-state index contributed by atoms with van der Waals surface area (Å²) in [5.41, 5.74) is -2.50. The summed E-state index contributed by atoms with van der Waals surface area (Å²) in [5, 5.41) is 31.3. The molecule has 0 aromatic carbocycles. The van der Waals surface area contributed by atoms with Gasteiger partial charge in [-0.25, -0.2) is 0 Å². The van der Waals surface area contributed by atoms with Gasteiger partial charge < -0.3 is 20.1 Å². The zero-order valence-electron chi connectivity index (χ0n) is 15.6. The normalized spacial score (nSPS) is 55.1. The van der Waals surface area contributed by atoms with E-state index in [-0.39, 0.29) is 29.1 Å². The number of hydrogen-bond acceptors (Lipinski definition) is 6. The molecule has 4 fully saturated rings. The van der Waals surface area contributed by atoms with Gasteiger partial charge in [0.1, 0.15) is 12.2 Å². The van der Waals surface area contributed by atoms with Gasteiger partial charge in [0.25, 0.3) is 0 Å². The maximum atomic E-state index is 12.5. The second-order valence-electron chi connectivity index (χ2n) is 9.48. The number of allylic oxidation sites excluding steroid dienone is 2. The fourth-order valence-electron chi connectivity index (χ4n) is 7.29. The van der Waals surface area contributed by atoms with Crippen molar-refractivity contribution in [2.24, 2.45) is 22.7 Å². The lowest BCUT2D eigenvalue weighted by atomic mass is 9.47. The zero-order chi connectivity index (χ0) is 19.4. The van der Waals surface area contributed by atoms with Crippen LogP contribution in [0.5, 0.6) is 0 Å². The highest BCUT2D eigenvalue weighted by Crippen LogP contribution is 2.75. The molecule has 146 valence electrons. The first kappa shape index (κ1) is 17.7. The van der Waals surface area contributed by atoms with E-state index in [0.717, 1.165) is 18.4 Å². The van der Waals surface area contributed by atoms with Gasteiger partial charge in [0, 0.05) is 10.8 Å². The molecule has 0 amide bonds. The molecule has 1 aliphatic heterocycles. The van der Waals surface area contributed by atoms with Crippen LogP contribution in [0.25, 0.3) is 0 Å². The van der Waals surface area contributed by atoms with Gasteiger partial charge in [-0.05, 0) is 56.6 Å². The van der Waals surface area contributed by atoms with Crippen molar-refractivity contribution in [1.29, 1.82) is 0 Å². The van der Waals surface area contributed by atoms with Gasteiger partial charge in [-0.3, -0.25) is 9.59 Å². The van der Waals surface area contributed by atoms with Gasteiger partial charge in [0.15, 0.2) is 17.2 Å². The van der Waals surface area contributed by atoms with E-state index in [2.05, 4.69) is 6.92 Å². The topological polar surface area (TPSA) is 107 Å². The molecule has 0 radical (unpaired) electrons. The Labute approximate surface area is 157 Å². The van der Waals surface area contributed by atoms with Crippen molar-refractivity contribution in [3.05, 3.63) is 23.8 Å². The Morgan fingerprint density at radius 3 is 2.78 bits per heavy atom. The van der Waals surface area contributed by atoms with Crippen molar-refractivity contribution in [1.82, 2.24) is 0 Å². The Kier molecular flexibility index (Phi) is 3.27. The smallest absolute Gasteiger partial charge is 0.192 e. The fraction of sp³-hybridized carbons (Fsp3) is 0.714. The van der Waals surface area contributed by atoms with E-state index in [9.17, 15) is 24.9 Å². The fourth-order valence-corrected chi connectivity index (χ4v) is 7.29. The van der Waals surface area contributed by atoms with Crippen LogP contribution in [-0.2, 0) is 14.3 Å². The quantitative estimate of drug-likeness (QED) is 0.614. The van der Waals surface area contributed by atoms with Crippen molar-refractivity contribution >= 4 is 11.6 Å². The average molecular weight is 374 g/mol. The first-order valence-electron chi connectivity index (χ1n) is 9.82. The molecule has 5 rings (SSSR count). The number of epoxide rings is 1. The number of carbonyl (C=O) groups is 2. The number of aliphatic hydroxyl groups is 3. The standard InChI is InChI=1S/C21H26O6/c1-18-6-5-12(23)7-11(18)3-4-13-14-8-15(24)20(26,16(25)10-22)19(14,2)9-17-21(13,18)27-17/h5-7,13-15,17,22,24,26H,3-4,8-10H2,1-2H3/t13-,14-,15+,17+,18-,19-,20-,21-/m0/s1. The molecule has 4 aliphatic carbocycles. The summed E-state index contributed by atoms with van der Waals surface area (Å²) in [4.78, 5) is 24.3. The van der Waals surface area contributed by atoms with Gasteiger partial charge in [-0.2, -0.15) is 0 Å². The van der Waals surface area contributed by atoms with Crippen LogP contribution in [0.2, 0.25) is 0 Å². The van der Waals surface area contributed by atoms with Gasteiger partial charge >= 0.3 is 0 Å². The van der Waals surface area contributed by atoms with E-state index in [4.69, 9.17) is 4.74 Å². The predicted octanol–water partition coefficient (Wildman–Crippen LogP) is 0.689. The highest BCUT2D eigenvalue weighted by Gasteiger charge is 2.82. The Morgan fingerprint density at radius 1 is 1.33 bits per heavy atom. The molecule has 6 heteroatoms. The molecule has 27 heavy (non-hydrogen) atoms. The van der Waals surface area contributed by atoms with Crippen LogP contribution >= 0.6 is 0 Å². The molecule has 5 aliphatic rings. The van der Waals surface area contributed by atoms with Gasteiger partial charge in [-0.15, -0.1) is 0 Å². The van der Waals surface area contributed by atoms with Crippen LogP contribution in [0.4, 0.5) is 0 Å². The minimum atomic E-state index is -1.94. The highest BCUT2D eigenvalue weighted by molar-refractivity contribution is 6.01. The minimum Gasteiger partial charge on any atom is -0.390 e. The van der Waals surface area contributed by atoms with E-state index in [1.807, 2.05) is 13.0 Å². The van der Waals surface area contributed by atoms with Crippen molar-refractivity contribution in [2.75, 3.05) is 6.61 Å². The number of fused-ring (bicyclic) bond motifs is 3. The Hall–Kier alpha value is -1.34. The summed E-state index contributed by atoms with van der Waals surface area (Å²) in [5.74, 6) is -0.708. The lowest BCUT2D eigenvalue weighted by Crippen LogP contribution is -2.63. The van der Waals surface area contributed by atoms with Crippen molar-refractivity contribution in [3.8, 4) is 0 Å². The number of carbonyl (C=O) groups excluding carboxylic acids is 2. The van der Waals surface area contributed by atoms with Crippen molar-refractivity contribution < 1.29 is 29.6 Å². The number of Topliss-reactive ketones (excluding diaryl/α,β-unsaturated/α-hetero) is 1. The largest absolute Gasteiger partial charge is 0.390 e. The molecule has 3 saturated carbocycles. The number of ether oxygens (including phenoxy) is 1. The van der Waals surface area contributed by atoms with Gasteiger partial charge in [0.05, 0.1) is 12.2 Å². The zero-order valence-corrected chi connectivity index (χ0v) is 15.6. The summed E-state index contributed by atoms with van der Waals surface area (Å²) < 4.78 is 6.35. The van der Waals surface area contributed by atoms with E-state index in [1.54, 1.807) is 12.2 Å². The maximum Gasteiger partial charge on any atom is 0.192 e. The Balaban J connectivity index is 1.60. The van der Waals surface area contributed by atoms with Crippen LogP contribution in [0.3, 0.4) is 0 Å². The Morgan fingerprint density at radius 2 is 2.07 bits per heavy atom. The third-order valence-electron chi connectivity index (χ3n) is 8.72. The van der Waals surface area contributed by atoms with Crippen LogP contribution in [-0.4, -0.2) is 56.9 Å². The Bertz CT molecular complexity index is 815. The summed E-state index contributed by atoms with van der Waals surface area (Å²) in [7, 11) is 0. The average Bonchev–Trinajstić information content (AvgIpc) is 3.31. The van der Waals surface area contributed by atoms with Crippen molar-refractivity contribution in [3.63, 3.8) is 0 Å². The van der Waals surface area contributed by atoms with Gasteiger partial charge in [0.2, 0.25) is 0 Å². The summed E-state index contributed by atoms with van der Waals surface area (Å²) in [6, 6.07) is 0. The number of hydrogen-bond donors (Lipinski definition) is 3. The molecule has 1 spiro atoms. The third-order valence-corrected chi connectivity index (χ3v) is 8.72. The third kappa shape index (κ3) is 1.73. The van der Waals surface area contributed by atoms with E-state index in [1.165, 1.54) is 0 Å². The molecule has 1 heterocycles. The second kappa shape index (κ2) is 4.98. The molecule has 8 atom stereocenters. The monoisotopic (exact) mass is 374 g/mol. The van der Waals surface area contributed by atoms with Crippen molar-refractivity contribution in [2.45, 2.75) is 62.9 Å². The van der Waals surface area contributed by atoms with Crippen LogP contribution < -0.4 is 0 Å². The minimum absolute atomic E-state index is 0.00868. The first-order valence-corrected chi connectivity index (χ1v) is 9.82. The molecule has 0 unspecified atom stereocenters. The van der Waals surface area contributed by atoms with E-state index < -0.39 is 35.1 Å². The summed E-state index contributed by atoms with van der Waals surface area (Å²) >= 11 is 0. The molecule has 1 saturated heterocycles.